The van der Waals surface area contributed by atoms with Crippen molar-refractivity contribution in [1.82, 2.24) is 0 Å². The van der Waals surface area contributed by atoms with E-state index in [9.17, 15) is 18.0 Å². The van der Waals surface area contributed by atoms with Gasteiger partial charge < -0.3 is 5.11 Å². The molecule has 0 radical (unpaired) electrons. The lowest BCUT2D eigenvalue weighted by Crippen LogP contribution is -2.46. The van der Waals surface area contributed by atoms with Crippen LogP contribution < -0.4 is 0 Å². The molecule has 1 N–H and O–H groups in total. The quantitative estimate of drug-likeness (QED) is 0.657. The van der Waals surface area contributed by atoms with Crippen LogP contribution in [0.1, 0.15) is 13.8 Å². The van der Waals surface area contributed by atoms with Gasteiger partial charge in [-0.3, -0.25) is 0 Å². The fourth-order valence-corrected chi connectivity index (χ4v) is 0.188. The maximum atomic E-state index is 12.4. The first-order chi connectivity index (χ1) is 4.19. The first-order valence-corrected chi connectivity index (χ1v) is 2.49. The Morgan fingerprint density at radius 3 is 1.60 bits per heavy atom. The first kappa shape index (κ1) is 9.26. The molecule has 2 nitrogen and oxygen atoms in total. The zero-order valence-electron chi connectivity index (χ0n) is 5.49. The van der Waals surface area contributed by atoms with Gasteiger partial charge in [0, 0.05) is 6.92 Å². The van der Waals surface area contributed by atoms with Crippen LogP contribution in [-0.2, 0) is 4.79 Å². The number of carboxylic acid groups (broad SMARTS) is 1. The predicted molar refractivity (Wildman–Crippen MR) is 27.8 cm³/mol. The molecular weight excluding hydrogens is 149 g/mol. The van der Waals surface area contributed by atoms with Crippen LogP contribution in [0.5, 0.6) is 0 Å². The van der Waals surface area contributed by atoms with Crippen LogP contribution in [0.25, 0.3) is 0 Å². The Hall–Kier alpha value is -0.740. The number of carbonyl (C=O) groups is 1. The molecule has 0 saturated heterocycles. The third-order valence-corrected chi connectivity index (χ3v) is 1.23. The van der Waals surface area contributed by atoms with Crippen LogP contribution in [0.15, 0.2) is 0 Å². The highest BCUT2D eigenvalue weighted by Crippen LogP contribution is 2.31. The van der Waals surface area contributed by atoms with E-state index in [4.69, 9.17) is 5.11 Å². The third-order valence-electron chi connectivity index (χ3n) is 1.23. The van der Waals surface area contributed by atoms with Gasteiger partial charge in [0.1, 0.15) is 0 Å². The minimum absolute atomic E-state index is 0.223. The van der Waals surface area contributed by atoms with Gasteiger partial charge in [0.05, 0.1) is 0 Å². The van der Waals surface area contributed by atoms with E-state index in [2.05, 4.69) is 0 Å². The molecule has 0 rings (SSSR count). The summed E-state index contributed by atoms with van der Waals surface area (Å²) in [5.41, 5.74) is -3.48. The molecule has 0 fully saturated rings. The second-order valence-corrected chi connectivity index (χ2v) is 2.20. The normalized spacial score (nSPS) is 18.1. The van der Waals surface area contributed by atoms with Gasteiger partial charge in [0.15, 0.2) is 0 Å². The average Bonchev–Trinajstić information content (AvgIpc) is 1.62. The summed E-state index contributed by atoms with van der Waals surface area (Å²) in [4.78, 5) is 9.81. The number of alkyl halides is 3. The van der Waals surface area contributed by atoms with Crippen molar-refractivity contribution in [2.45, 2.75) is 25.4 Å². The zero-order chi connectivity index (χ0) is 8.58. The molecule has 0 saturated carbocycles. The average molecular weight is 156 g/mol. The summed E-state index contributed by atoms with van der Waals surface area (Å²) in [5, 5.41) is 7.92. The second-order valence-electron chi connectivity index (χ2n) is 2.20. The van der Waals surface area contributed by atoms with Crippen LogP contribution >= 0.6 is 0 Å². The summed E-state index contributed by atoms with van der Waals surface area (Å²) >= 11 is 0. The van der Waals surface area contributed by atoms with Gasteiger partial charge in [0.2, 0.25) is 0 Å². The van der Waals surface area contributed by atoms with Crippen molar-refractivity contribution in [3.05, 3.63) is 0 Å². The largest absolute Gasteiger partial charge is 0.479 e. The van der Waals surface area contributed by atoms with E-state index in [1.54, 1.807) is 0 Å². The molecule has 60 valence electrons. The number of rotatable bonds is 2. The van der Waals surface area contributed by atoms with Gasteiger partial charge in [-0.15, -0.1) is 0 Å². The molecule has 0 bridgehead atoms. The van der Waals surface area contributed by atoms with Crippen LogP contribution in [0.3, 0.4) is 0 Å². The van der Waals surface area contributed by atoms with Gasteiger partial charge in [-0.1, -0.05) is 0 Å². The van der Waals surface area contributed by atoms with Crippen LogP contribution in [-0.4, -0.2) is 22.7 Å². The fourth-order valence-electron chi connectivity index (χ4n) is 0.188. The monoisotopic (exact) mass is 156 g/mol. The first-order valence-electron chi connectivity index (χ1n) is 2.49. The lowest BCUT2D eigenvalue weighted by Gasteiger charge is -2.21. The number of carboxylic acids is 1. The van der Waals surface area contributed by atoms with Crippen molar-refractivity contribution >= 4 is 5.97 Å². The highest BCUT2D eigenvalue weighted by Gasteiger charge is 2.53. The van der Waals surface area contributed by atoms with E-state index in [1.165, 1.54) is 0 Å². The van der Waals surface area contributed by atoms with Crippen LogP contribution in [0.4, 0.5) is 13.2 Å². The van der Waals surface area contributed by atoms with Crippen LogP contribution in [0, 0.1) is 0 Å². The summed E-state index contributed by atoms with van der Waals surface area (Å²) < 4.78 is 36.4. The topological polar surface area (TPSA) is 37.3 Å². The van der Waals surface area contributed by atoms with Crippen molar-refractivity contribution in [2.24, 2.45) is 0 Å². The third kappa shape index (κ3) is 1.40. The van der Waals surface area contributed by atoms with Crippen molar-refractivity contribution in [3.8, 4) is 0 Å². The Bertz CT molecular complexity index is 147. The summed E-state index contributed by atoms with van der Waals surface area (Å²) in [5.74, 6) is -6.00. The molecule has 0 aromatic carbocycles. The van der Waals surface area contributed by atoms with Crippen molar-refractivity contribution < 1.29 is 23.1 Å². The van der Waals surface area contributed by atoms with E-state index in [-0.39, 0.29) is 6.92 Å². The summed E-state index contributed by atoms with van der Waals surface area (Å²) in [7, 11) is 0. The minimum Gasteiger partial charge on any atom is -0.479 e. The molecule has 0 heterocycles. The summed E-state index contributed by atoms with van der Waals surface area (Å²) in [6, 6.07) is 0. The number of halogens is 3. The maximum absolute atomic E-state index is 12.4. The van der Waals surface area contributed by atoms with Gasteiger partial charge >= 0.3 is 5.97 Å². The lowest BCUT2D eigenvalue weighted by atomic mass is 10.0. The summed E-state index contributed by atoms with van der Waals surface area (Å²) in [6.45, 7) is 0.552. The molecular formula is C5H7F3O2. The van der Waals surface area contributed by atoms with E-state index in [1.807, 2.05) is 0 Å². The molecule has 0 spiro atoms. The molecule has 5 heteroatoms. The molecule has 0 aliphatic heterocycles. The van der Waals surface area contributed by atoms with Gasteiger partial charge in [-0.2, -0.15) is 0 Å². The molecule has 0 aliphatic rings. The second kappa shape index (κ2) is 2.14. The summed E-state index contributed by atoms with van der Waals surface area (Å²) in [6.07, 6.45) is 0. The van der Waals surface area contributed by atoms with Crippen molar-refractivity contribution in [1.29, 1.82) is 0 Å². The Labute approximate surface area is 55.7 Å². The fraction of sp³-hybridized carbons (Fsp3) is 0.800. The molecule has 0 aliphatic carbocycles. The van der Waals surface area contributed by atoms with Crippen molar-refractivity contribution in [3.63, 3.8) is 0 Å². The van der Waals surface area contributed by atoms with E-state index < -0.39 is 17.6 Å². The Kier molecular flexibility index (Phi) is 1.98. The maximum Gasteiger partial charge on any atom is 0.347 e. The van der Waals surface area contributed by atoms with Gasteiger partial charge in [0.25, 0.3) is 11.6 Å². The standard InChI is InChI=1S/C5H7F3O2/c1-4(6,3(9)10)5(2,7)8/h1-2H3,(H,9,10). The molecule has 0 aromatic heterocycles. The van der Waals surface area contributed by atoms with E-state index >= 15 is 0 Å². The van der Waals surface area contributed by atoms with E-state index in [0.29, 0.717) is 6.92 Å². The predicted octanol–water partition coefficient (Wildman–Crippen LogP) is 1.45. The number of aliphatic carboxylic acids is 1. The van der Waals surface area contributed by atoms with Gasteiger partial charge in [-0.25, -0.2) is 18.0 Å². The highest BCUT2D eigenvalue weighted by atomic mass is 19.3. The molecule has 0 aromatic rings. The SMILES string of the molecule is CC(F)(F)C(C)(F)C(=O)O. The van der Waals surface area contributed by atoms with E-state index in [0.717, 1.165) is 0 Å². The number of hydrogen-bond donors (Lipinski definition) is 1. The Balaban J connectivity index is 4.57. The van der Waals surface area contributed by atoms with Crippen LogP contribution in [0.2, 0.25) is 0 Å². The molecule has 1 unspecified atom stereocenters. The van der Waals surface area contributed by atoms with Gasteiger partial charge in [-0.05, 0) is 6.92 Å². The molecule has 0 amide bonds. The molecule has 10 heavy (non-hydrogen) atoms. The van der Waals surface area contributed by atoms with Crippen molar-refractivity contribution in [2.75, 3.05) is 0 Å². The minimum atomic E-state index is -3.85. The Morgan fingerprint density at radius 2 is 1.60 bits per heavy atom. The smallest absolute Gasteiger partial charge is 0.347 e. The zero-order valence-corrected chi connectivity index (χ0v) is 5.49. The molecule has 1 atom stereocenters. The number of hydrogen-bond acceptors (Lipinski definition) is 1. The highest BCUT2D eigenvalue weighted by molar-refractivity contribution is 5.78. The lowest BCUT2D eigenvalue weighted by molar-refractivity contribution is -0.176. The Morgan fingerprint density at radius 1 is 1.30 bits per heavy atom.